The number of hydrogen-bond acceptors (Lipinski definition) is 4. The minimum absolute atomic E-state index is 0.162. The van der Waals surface area contributed by atoms with E-state index >= 15 is 0 Å². The van der Waals surface area contributed by atoms with Crippen LogP contribution in [-0.4, -0.2) is 29.3 Å². The van der Waals surface area contributed by atoms with Crippen molar-refractivity contribution in [3.05, 3.63) is 41.1 Å². The first-order valence-corrected chi connectivity index (χ1v) is 6.90. The zero-order chi connectivity index (χ0) is 14.8. The van der Waals surface area contributed by atoms with Crippen LogP contribution in [0.1, 0.15) is 21.6 Å². The first kappa shape index (κ1) is 13.6. The lowest BCUT2D eigenvalue weighted by molar-refractivity contribution is 0.102. The second kappa shape index (κ2) is 5.57. The molecule has 1 aromatic carbocycles. The molecule has 0 unspecified atom stereocenters. The molecule has 21 heavy (non-hydrogen) atoms. The zero-order valence-corrected chi connectivity index (χ0v) is 12.1. The summed E-state index contributed by atoms with van der Waals surface area (Å²) in [6, 6.07) is 7.09. The number of nitrogens with one attached hydrogen (secondary N) is 2. The topological polar surface area (TPSA) is 68.2 Å². The largest absolute Gasteiger partial charge is 0.497 e. The molecule has 2 heterocycles. The molecule has 1 aliphatic rings. The number of amides is 1. The van der Waals surface area contributed by atoms with Crippen LogP contribution in [0.4, 0.5) is 5.82 Å². The Morgan fingerprint density at radius 3 is 3.14 bits per heavy atom. The number of anilines is 1. The average Bonchev–Trinajstić information content (AvgIpc) is 2.83. The molecule has 0 saturated carbocycles. The van der Waals surface area contributed by atoms with E-state index in [0.29, 0.717) is 11.3 Å². The third kappa shape index (κ3) is 2.62. The fourth-order valence-electron chi connectivity index (χ4n) is 2.53. The molecular weight excluding hydrogens is 268 g/mol. The molecule has 0 aliphatic carbocycles. The summed E-state index contributed by atoms with van der Waals surface area (Å²) in [4.78, 5) is 12.4. The Bertz CT molecular complexity index is 678. The molecule has 0 fully saturated rings. The van der Waals surface area contributed by atoms with Gasteiger partial charge in [-0.25, -0.2) is 0 Å². The molecule has 0 saturated heterocycles. The maximum atomic E-state index is 12.4. The number of carbonyl (C=O) groups is 1. The van der Waals surface area contributed by atoms with Crippen LogP contribution >= 0.6 is 0 Å². The highest BCUT2D eigenvalue weighted by atomic mass is 16.5. The number of ether oxygens (including phenoxy) is 1. The van der Waals surface area contributed by atoms with E-state index in [1.807, 2.05) is 13.1 Å². The van der Waals surface area contributed by atoms with Crippen LogP contribution in [0.15, 0.2) is 24.3 Å². The number of methoxy groups -OCH3 is 1. The van der Waals surface area contributed by atoms with E-state index in [1.165, 1.54) is 0 Å². The van der Waals surface area contributed by atoms with Crippen molar-refractivity contribution in [2.45, 2.75) is 13.0 Å². The third-order valence-corrected chi connectivity index (χ3v) is 3.63. The van der Waals surface area contributed by atoms with Gasteiger partial charge in [-0.3, -0.25) is 9.48 Å². The SMILES string of the molecule is COc1cccc(C(=O)Nc2c3c(nn2C)CCNC3)c1. The van der Waals surface area contributed by atoms with Gasteiger partial charge >= 0.3 is 0 Å². The lowest BCUT2D eigenvalue weighted by atomic mass is 10.1. The van der Waals surface area contributed by atoms with Gasteiger partial charge in [-0.05, 0) is 18.2 Å². The second-order valence-corrected chi connectivity index (χ2v) is 5.01. The molecule has 1 aromatic heterocycles. The Morgan fingerprint density at radius 1 is 1.48 bits per heavy atom. The van der Waals surface area contributed by atoms with E-state index in [1.54, 1.807) is 30.0 Å². The molecule has 6 nitrogen and oxygen atoms in total. The van der Waals surface area contributed by atoms with Gasteiger partial charge in [-0.15, -0.1) is 0 Å². The third-order valence-electron chi connectivity index (χ3n) is 3.63. The van der Waals surface area contributed by atoms with Crippen LogP contribution in [0, 0.1) is 0 Å². The molecule has 1 aliphatic heterocycles. The van der Waals surface area contributed by atoms with Crippen molar-refractivity contribution >= 4 is 11.7 Å². The monoisotopic (exact) mass is 286 g/mol. The number of carbonyl (C=O) groups excluding carboxylic acids is 1. The van der Waals surface area contributed by atoms with Gasteiger partial charge in [0.1, 0.15) is 11.6 Å². The number of fused-ring (bicyclic) bond motifs is 1. The van der Waals surface area contributed by atoms with Crippen molar-refractivity contribution in [1.29, 1.82) is 0 Å². The van der Waals surface area contributed by atoms with Crippen molar-refractivity contribution in [3.63, 3.8) is 0 Å². The van der Waals surface area contributed by atoms with Crippen LogP contribution in [0.2, 0.25) is 0 Å². The number of nitrogens with zero attached hydrogens (tertiary/aromatic N) is 2. The molecule has 0 atom stereocenters. The summed E-state index contributed by atoms with van der Waals surface area (Å²) in [6.45, 7) is 1.66. The molecule has 2 N–H and O–H groups in total. The number of rotatable bonds is 3. The van der Waals surface area contributed by atoms with Crippen LogP contribution < -0.4 is 15.4 Å². The first-order chi connectivity index (χ1) is 10.2. The highest BCUT2D eigenvalue weighted by Crippen LogP contribution is 2.23. The highest BCUT2D eigenvalue weighted by Gasteiger charge is 2.20. The molecule has 0 bridgehead atoms. The summed E-state index contributed by atoms with van der Waals surface area (Å²) in [7, 11) is 3.43. The maximum absolute atomic E-state index is 12.4. The van der Waals surface area contributed by atoms with Gasteiger partial charge in [0.15, 0.2) is 0 Å². The fraction of sp³-hybridized carbons (Fsp3) is 0.333. The summed E-state index contributed by atoms with van der Waals surface area (Å²) in [6.07, 6.45) is 0.887. The van der Waals surface area contributed by atoms with Gasteiger partial charge in [0.25, 0.3) is 5.91 Å². The Balaban J connectivity index is 1.86. The summed E-state index contributed by atoms with van der Waals surface area (Å²) in [5.74, 6) is 1.26. The van der Waals surface area contributed by atoms with E-state index in [9.17, 15) is 4.79 Å². The summed E-state index contributed by atoms with van der Waals surface area (Å²) < 4.78 is 6.88. The van der Waals surface area contributed by atoms with Gasteiger partial charge in [-0.2, -0.15) is 5.10 Å². The number of hydrogen-bond donors (Lipinski definition) is 2. The molecule has 2 aromatic rings. The smallest absolute Gasteiger partial charge is 0.256 e. The van der Waals surface area contributed by atoms with E-state index in [4.69, 9.17) is 4.74 Å². The van der Waals surface area contributed by atoms with Crippen molar-refractivity contribution < 1.29 is 9.53 Å². The lowest BCUT2D eigenvalue weighted by Gasteiger charge is -2.13. The highest BCUT2D eigenvalue weighted by molar-refractivity contribution is 6.04. The number of aromatic nitrogens is 2. The minimum Gasteiger partial charge on any atom is -0.497 e. The number of aryl methyl sites for hydroxylation is 1. The van der Waals surface area contributed by atoms with Gasteiger partial charge in [-0.1, -0.05) is 6.07 Å². The quantitative estimate of drug-likeness (QED) is 0.893. The number of benzene rings is 1. The first-order valence-electron chi connectivity index (χ1n) is 6.90. The summed E-state index contributed by atoms with van der Waals surface area (Å²) in [5.41, 5.74) is 2.69. The van der Waals surface area contributed by atoms with Crippen LogP contribution in [0.3, 0.4) is 0 Å². The Kier molecular flexibility index (Phi) is 3.62. The summed E-state index contributed by atoms with van der Waals surface area (Å²) in [5, 5.41) is 10.7. The van der Waals surface area contributed by atoms with Gasteiger partial charge < -0.3 is 15.4 Å². The van der Waals surface area contributed by atoms with Crippen LogP contribution in [-0.2, 0) is 20.0 Å². The van der Waals surface area contributed by atoms with Gasteiger partial charge in [0, 0.05) is 37.7 Å². The van der Waals surface area contributed by atoms with Crippen molar-refractivity contribution in [2.24, 2.45) is 7.05 Å². The Morgan fingerprint density at radius 2 is 2.33 bits per heavy atom. The van der Waals surface area contributed by atoms with Crippen molar-refractivity contribution in [3.8, 4) is 5.75 Å². The van der Waals surface area contributed by atoms with E-state index < -0.39 is 0 Å². The standard InChI is InChI=1S/C15H18N4O2/c1-19-14(12-9-16-7-6-13(12)18-19)17-15(20)10-4-3-5-11(8-10)21-2/h3-5,8,16H,6-7,9H2,1-2H3,(H,17,20). The zero-order valence-electron chi connectivity index (χ0n) is 12.1. The average molecular weight is 286 g/mol. The summed E-state index contributed by atoms with van der Waals surface area (Å²) >= 11 is 0. The molecule has 110 valence electrons. The normalized spacial score (nSPS) is 13.6. The van der Waals surface area contributed by atoms with Gasteiger partial charge in [0.05, 0.1) is 12.8 Å². The maximum Gasteiger partial charge on any atom is 0.256 e. The van der Waals surface area contributed by atoms with Gasteiger partial charge in [0.2, 0.25) is 0 Å². The molecule has 6 heteroatoms. The molecule has 0 spiro atoms. The van der Waals surface area contributed by atoms with E-state index in [0.717, 1.165) is 36.6 Å². The van der Waals surface area contributed by atoms with Crippen LogP contribution in [0.25, 0.3) is 0 Å². The molecule has 0 radical (unpaired) electrons. The molecule has 3 rings (SSSR count). The molecule has 1 amide bonds. The predicted molar refractivity (Wildman–Crippen MR) is 79.6 cm³/mol. The van der Waals surface area contributed by atoms with Crippen LogP contribution in [0.5, 0.6) is 5.75 Å². The fourth-order valence-corrected chi connectivity index (χ4v) is 2.53. The lowest BCUT2D eigenvalue weighted by Crippen LogP contribution is -2.24. The molecular formula is C15H18N4O2. The van der Waals surface area contributed by atoms with E-state index in [2.05, 4.69) is 15.7 Å². The Labute approximate surface area is 123 Å². The van der Waals surface area contributed by atoms with E-state index in [-0.39, 0.29) is 5.91 Å². The minimum atomic E-state index is -0.162. The van der Waals surface area contributed by atoms with Crippen molar-refractivity contribution in [1.82, 2.24) is 15.1 Å². The van der Waals surface area contributed by atoms with Crippen molar-refractivity contribution in [2.75, 3.05) is 19.0 Å². The predicted octanol–water partition coefficient (Wildman–Crippen LogP) is 1.33. The Hall–Kier alpha value is -2.34. The second-order valence-electron chi connectivity index (χ2n) is 5.01.